The second kappa shape index (κ2) is 7.06. The first-order valence-electron chi connectivity index (χ1n) is 8.26. The maximum atomic E-state index is 12.8. The van der Waals surface area contributed by atoms with Crippen molar-refractivity contribution >= 4 is 28.3 Å². The lowest BCUT2D eigenvalue weighted by molar-refractivity contribution is 0.102. The van der Waals surface area contributed by atoms with E-state index in [-0.39, 0.29) is 5.91 Å². The zero-order valence-corrected chi connectivity index (χ0v) is 13.9. The summed E-state index contributed by atoms with van der Waals surface area (Å²) in [7, 11) is 0. The molecule has 0 saturated carbocycles. The number of rotatable bonds is 5. The van der Waals surface area contributed by atoms with Crippen LogP contribution in [0.2, 0.25) is 0 Å². The van der Waals surface area contributed by atoms with Crippen molar-refractivity contribution in [2.45, 2.75) is 6.54 Å². The zero-order valence-electron chi connectivity index (χ0n) is 13.9. The average molecular weight is 343 g/mol. The number of nitrogens with zero attached hydrogens (tertiary/aromatic N) is 2. The van der Waals surface area contributed by atoms with Gasteiger partial charge in [-0.1, -0.05) is 12.1 Å². The highest BCUT2D eigenvalue weighted by Gasteiger charge is 2.14. The summed E-state index contributed by atoms with van der Waals surface area (Å²) in [4.78, 5) is 24.3. The Labute approximate surface area is 150 Å². The van der Waals surface area contributed by atoms with Gasteiger partial charge >= 0.3 is 0 Å². The van der Waals surface area contributed by atoms with Gasteiger partial charge in [0.2, 0.25) is 0 Å². The lowest BCUT2D eigenvalue weighted by Crippen LogP contribution is -2.16. The van der Waals surface area contributed by atoms with Crippen LogP contribution in [0, 0.1) is 0 Å². The Morgan fingerprint density at radius 1 is 1.00 bits per heavy atom. The summed E-state index contributed by atoms with van der Waals surface area (Å²) in [6, 6.07) is 15.1. The molecule has 0 atom stereocenters. The van der Waals surface area contributed by atoms with Gasteiger partial charge in [0.25, 0.3) is 5.91 Å². The summed E-state index contributed by atoms with van der Waals surface area (Å²) in [5.74, 6) is 0.331. The minimum Gasteiger partial charge on any atom is -0.365 e. The lowest BCUT2D eigenvalue weighted by atomic mass is 10.2. The van der Waals surface area contributed by atoms with E-state index in [0.29, 0.717) is 17.9 Å². The van der Waals surface area contributed by atoms with E-state index in [4.69, 9.17) is 0 Å². The molecule has 0 unspecified atom stereocenters. The molecule has 0 aliphatic carbocycles. The fourth-order valence-electron chi connectivity index (χ4n) is 2.79. The van der Waals surface area contributed by atoms with Crippen LogP contribution >= 0.6 is 0 Å². The second-order valence-corrected chi connectivity index (χ2v) is 5.81. The first kappa shape index (κ1) is 15.8. The largest absolute Gasteiger partial charge is 0.365 e. The molecule has 128 valence electrons. The Kier molecular flexibility index (Phi) is 4.30. The van der Waals surface area contributed by atoms with Gasteiger partial charge in [-0.2, -0.15) is 0 Å². The minimum atomic E-state index is -0.211. The van der Waals surface area contributed by atoms with Crippen molar-refractivity contribution in [3.63, 3.8) is 0 Å². The number of hydrogen-bond acceptors (Lipinski definition) is 4. The van der Waals surface area contributed by atoms with Gasteiger partial charge in [-0.3, -0.25) is 9.78 Å². The summed E-state index contributed by atoms with van der Waals surface area (Å²) in [5, 5.41) is 7.23. The minimum absolute atomic E-state index is 0.211. The number of para-hydroxylation sites is 1. The van der Waals surface area contributed by atoms with Crippen molar-refractivity contribution in [3.8, 4) is 0 Å². The van der Waals surface area contributed by atoms with Gasteiger partial charge in [-0.25, -0.2) is 4.98 Å². The van der Waals surface area contributed by atoms with E-state index in [9.17, 15) is 4.79 Å². The number of hydrogen-bond donors (Lipinski definition) is 3. The van der Waals surface area contributed by atoms with Crippen LogP contribution in [0.5, 0.6) is 0 Å². The van der Waals surface area contributed by atoms with E-state index >= 15 is 0 Å². The van der Waals surface area contributed by atoms with E-state index in [1.54, 1.807) is 30.7 Å². The van der Waals surface area contributed by atoms with Gasteiger partial charge in [0.1, 0.15) is 5.82 Å². The molecule has 3 aromatic heterocycles. The highest BCUT2D eigenvalue weighted by atomic mass is 16.1. The highest BCUT2D eigenvalue weighted by Crippen LogP contribution is 2.23. The molecule has 1 amide bonds. The number of nitrogens with one attached hydrogen (secondary N) is 3. The molecule has 6 heteroatoms. The smallest absolute Gasteiger partial charge is 0.259 e. The predicted molar refractivity (Wildman–Crippen MR) is 102 cm³/mol. The molecule has 0 spiro atoms. The molecule has 0 aliphatic heterocycles. The Balaban J connectivity index is 1.55. The molecule has 4 rings (SSSR count). The number of anilines is 2. The first-order chi connectivity index (χ1) is 12.8. The third-order valence-electron chi connectivity index (χ3n) is 4.10. The van der Waals surface area contributed by atoms with Gasteiger partial charge in [-0.05, 0) is 42.0 Å². The highest BCUT2D eigenvalue weighted by molar-refractivity contribution is 6.10. The van der Waals surface area contributed by atoms with Crippen molar-refractivity contribution < 1.29 is 4.79 Å². The maximum Gasteiger partial charge on any atom is 0.259 e. The number of benzene rings is 1. The monoisotopic (exact) mass is 343 g/mol. The van der Waals surface area contributed by atoms with Gasteiger partial charge in [0, 0.05) is 36.7 Å². The van der Waals surface area contributed by atoms with Crippen LogP contribution in [0.15, 0.2) is 73.3 Å². The second-order valence-electron chi connectivity index (χ2n) is 5.81. The van der Waals surface area contributed by atoms with E-state index in [2.05, 4.69) is 25.6 Å². The molecule has 6 nitrogen and oxygen atoms in total. The summed E-state index contributed by atoms with van der Waals surface area (Å²) in [6.45, 7) is 0.562. The standard InChI is InChI=1S/C20H17N5O/c26-20(25-17-5-1-3-15-8-12-22-18(15)17)16-4-2-9-23-19(16)24-13-14-6-10-21-11-7-14/h1-12,22H,13H2,(H,23,24)(H,25,26). The molecule has 1 aromatic carbocycles. The van der Waals surface area contributed by atoms with E-state index in [0.717, 1.165) is 22.2 Å². The zero-order chi connectivity index (χ0) is 17.8. The summed E-state index contributed by atoms with van der Waals surface area (Å²) >= 11 is 0. The topological polar surface area (TPSA) is 82.7 Å². The average Bonchev–Trinajstić information content (AvgIpc) is 3.17. The molecule has 0 radical (unpaired) electrons. The van der Waals surface area contributed by atoms with Crippen LogP contribution < -0.4 is 10.6 Å². The quantitative estimate of drug-likeness (QED) is 0.514. The van der Waals surface area contributed by atoms with Crippen LogP contribution in [0.4, 0.5) is 11.5 Å². The number of fused-ring (bicyclic) bond motifs is 1. The van der Waals surface area contributed by atoms with Gasteiger partial charge < -0.3 is 15.6 Å². The van der Waals surface area contributed by atoms with Crippen LogP contribution in [0.25, 0.3) is 10.9 Å². The van der Waals surface area contributed by atoms with Crippen molar-refractivity contribution in [2.75, 3.05) is 10.6 Å². The predicted octanol–water partition coefficient (Wildman–Crippen LogP) is 3.82. The van der Waals surface area contributed by atoms with Crippen LogP contribution in [-0.4, -0.2) is 20.9 Å². The van der Waals surface area contributed by atoms with E-state index < -0.39 is 0 Å². The summed E-state index contributed by atoms with van der Waals surface area (Å²) < 4.78 is 0. The number of H-pyrrole nitrogens is 1. The van der Waals surface area contributed by atoms with E-state index in [1.165, 1.54) is 0 Å². The Hall–Kier alpha value is -3.67. The van der Waals surface area contributed by atoms with Gasteiger partial charge in [0.05, 0.1) is 16.8 Å². The molecule has 4 aromatic rings. The number of aromatic amines is 1. The Morgan fingerprint density at radius 3 is 2.77 bits per heavy atom. The third kappa shape index (κ3) is 3.25. The fourth-order valence-corrected chi connectivity index (χ4v) is 2.79. The molecule has 3 N–H and O–H groups in total. The molecule has 26 heavy (non-hydrogen) atoms. The molecular formula is C20H17N5O. The van der Waals surface area contributed by atoms with Gasteiger partial charge in [0.15, 0.2) is 0 Å². The number of amides is 1. The van der Waals surface area contributed by atoms with Crippen molar-refractivity contribution in [3.05, 3.63) is 84.4 Å². The van der Waals surface area contributed by atoms with Crippen LogP contribution in [0.3, 0.4) is 0 Å². The number of aromatic nitrogens is 3. The maximum absolute atomic E-state index is 12.8. The third-order valence-corrected chi connectivity index (χ3v) is 4.10. The molecule has 0 saturated heterocycles. The van der Waals surface area contributed by atoms with Gasteiger partial charge in [-0.15, -0.1) is 0 Å². The number of carbonyl (C=O) groups excluding carboxylic acids is 1. The molecule has 0 bridgehead atoms. The normalized spacial score (nSPS) is 10.6. The van der Waals surface area contributed by atoms with Crippen LogP contribution in [0.1, 0.15) is 15.9 Å². The first-order valence-corrected chi connectivity index (χ1v) is 8.26. The number of pyridine rings is 2. The molecule has 0 fully saturated rings. The SMILES string of the molecule is O=C(Nc1cccc2cc[nH]c12)c1cccnc1NCc1ccncc1. The number of carbonyl (C=O) groups is 1. The van der Waals surface area contributed by atoms with Crippen molar-refractivity contribution in [2.24, 2.45) is 0 Å². The fraction of sp³-hybridized carbons (Fsp3) is 0.0500. The van der Waals surface area contributed by atoms with E-state index in [1.807, 2.05) is 42.6 Å². The Morgan fingerprint density at radius 2 is 1.88 bits per heavy atom. The summed E-state index contributed by atoms with van der Waals surface area (Å²) in [6.07, 6.45) is 6.99. The van der Waals surface area contributed by atoms with Crippen molar-refractivity contribution in [1.82, 2.24) is 15.0 Å². The molecule has 0 aliphatic rings. The summed E-state index contributed by atoms with van der Waals surface area (Å²) in [5.41, 5.74) is 3.19. The van der Waals surface area contributed by atoms with Crippen molar-refractivity contribution in [1.29, 1.82) is 0 Å². The Bertz CT molecular complexity index is 1040. The lowest BCUT2D eigenvalue weighted by Gasteiger charge is -2.12. The molecular weight excluding hydrogens is 326 g/mol. The van der Waals surface area contributed by atoms with Crippen LogP contribution in [-0.2, 0) is 6.54 Å². The molecule has 3 heterocycles.